The van der Waals surface area contributed by atoms with Crippen LogP contribution in [0.25, 0.3) is 22.0 Å². The highest BCUT2D eigenvalue weighted by molar-refractivity contribution is 6.04. The fourth-order valence-corrected chi connectivity index (χ4v) is 5.86. The van der Waals surface area contributed by atoms with Crippen molar-refractivity contribution in [3.05, 3.63) is 95.7 Å². The molecule has 0 radical (unpaired) electrons. The van der Waals surface area contributed by atoms with Crippen molar-refractivity contribution >= 4 is 34.8 Å². The molecule has 0 saturated carbocycles. The molecule has 1 aliphatic carbocycles. The number of carbonyl (C=O) groups excluding carboxylic acids is 3. The van der Waals surface area contributed by atoms with Gasteiger partial charge < -0.3 is 20.1 Å². The fraction of sp³-hybridized carbons (Fsp3) is 0.226. The molecule has 6 rings (SSSR count). The maximum Gasteiger partial charge on any atom is 0.407 e. The first-order valence-electron chi connectivity index (χ1n) is 13.2. The molecule has 2 heterocycles. The summed E-state index contributed by atoms with van der Waals surface area (Å²) in [5, 5.41) is 13.1. The fourth-order valence-electron chi connectivity index (χ4n) is 5.86. The number of imide groups is 1. The Balaban J connectivity index is 1.24. The molecule has 1 aliphatic heterocycles. The van der Waals surface area contributed by atoms with Gasteiger partial charge in [-0.15, -0.1) is 0 Å². The topological polar surface area (TPSA) is 129 Å². The lowest BCUT2D eigenvalue weighted by Crippen LogP contribution is -2.54. The normalized spacial score (nSPS) is 16.9. The second kappa shape index (κ2) is 10.3. The number of carboxylic acid groups (broad SMARTS) is 1. The predicted molar refractivity (Wildman–Crippen MR) is 147 cm³/mol. The highest BCUT2D eigenvalue weighted by Crippen LogP contribution is 2.44. The number of hydrogen-bond donors (Lipinski definition) is 3. The molecule has 3 aromatic carbocycles. The van der Waals surface area contributed by atoms with Crippen molar-refractivity contribution in [1.82, 2.24) is 15.2 Å². The molecular formula is C31H27N3O6. The third-order valence-corrected chi connectivity index (χ3v) is 7.77. The minimum Gasteiger partial charge on any atom is -0.480 e. The molecule has 1 fully saturated rings. The van der Waals surface area contributed by atoms with Crippen LogP contribution in [0.4, 0.5) is 4.79 Å². The summed E-state index contributed by atoms with van der Waals surface area (Å²) in [5.74, 6) is -2.77. The quantitative estimate of drug-likeness (QED) is 0.324. The van der Waals surface area contributed by atoms with Gasteiger partial charge >= 0.3 is 12.1 Å². The molecule has 9 heteroatoms. The van der Waals surface area contributed by atoms with Gasteiger partial charge in [0.1, 0.15) is 18.7 Å². The molecule has 4 aromatic rings. The Bertz CT molecular complexity index is 1600. The smallest absolute Gasteiger partial charge is 0.407 e. The summed E-state index contributed by atoms with van der Waals surface area (Å²) in [7, 11) is 0. The van der Waals surface area contributed by atoms with Crippen LogP contribution in [0.2, 0.25) is 0 Å². The van der Waals surface area contributed by atoms with E-state index in [-0.39, 0.29) is 31.8 Å². The summed E-state index contributed by atoms with van der Waals surface area (Å²) >= 11 is 0. The standard InChI is InChI=1S/C31H27N3O6/c35-28-14-13-27(30(37)38)34(28)29(36)26(15-18-16-32-25-12-6-5-7-19(18)25)33-31(39)40-17-24-22-10-3-1-8-20(22)21-9-2-4-11-23(21)24/h1-12,16,24,26-27,32H,13-15,17H2,(H,33,39)(H,37,38)/t26-,27+/m0/s1. The molecule has 40 heavy (non-hydrogen) atoms. The number of nitrogens with zero attached hydrogens (tertiary/aromatic N) is 1. The first-order chi connectivity index (χ1) is 19.4. The second-order valence-electron chi connectivity index (χ2n) is 10.1. The van der Waals surface area contributed by atoms with E-state index in [9.17, 15) is 24.3 Å². The van der Waals surface area contributed by atoms with E-state index in [4.69, 9.17) is 4.74 Å². The van der Waals surface area contributed by atoms with Gasteiger partial charge in [0, 0.05) is 35.9 Å². The van der Waals surface area contributed by atoms with Crippen molar-refractivity contribution in [1.29, 1.82) is 0 Å². The summed E-state index contributed by atoms with van der Waals surface area (Å²) in [6, 6.07) is 21.0. The van der Waals surface area contributed by atoms with Gasteiger partial charge in [0.15, 0.2) is 0 Å². The first-order valence-corrected chi connectivity index (χ1v) is 13.2. The monoisotopic (exact) mass is 537 g/mol. The number of aliphatic carboxylic acids is 1. The minimum atomic E-state index is -1.27. The minimum absolute atomic E-state index is 0.0324. The molecule has 3 N–H and O–H groups in total. The number of H-pyrrole nitrogens is 1. The highest BCUT2D eigenvalue weighted by atomic mass is 16.5. The van der Waals surface area contributed by atoms with Crippen LogP contribution >= 0.6 is 0 Å². The highest BCUT2D eigenvalue weighted by Gasteiger charge is 2.43. The van der Waals surface area contributed by atoms with Crippen molar-refractivity contribution in [2.75, 3.05) is 6.61 Å². The lowest BCUT2D eigenvalue weighted by atomic mass is 9.98. The summed E-state index contributed by atoms with van der Waals surface area (Å²) in [5.41, 5.74) is 5.88. The molecule has 0 bridgehead atoms. The lowest BCUT2D eigenvalue weighted by Gasteiger charge is -2.26. The number of alkyl carbamates (subject to hydrolysis) is 1. The number of carbonyl (C=O) groups is 4. The van der Waals surface area contributed by atoms with E-state index in [1.165, 1.54) is 0 Å². The largest absolute Gasteiger partial charge is 0.480 e. The van der Waals surface area contributed by atoms with Crippen molar-refractivity contribution in [2.45, 2.75) is 37.3 Å². The Morgan fingerprint density at radius 2 is 1.62 bits per heavy atom. The predicted octanol–water partition coefficient (Wildman–Crippen LogP) is 4.22. The summed E-state index contributed by atoms with van der Waals surface area (Å²) < 4.78 is 5.66. The van der Waals surface area contributed by atoms with E-state index in [1.54, 1.807) is 6.20 Å². The molecule has 202 valence electrons. The van der Waals surface area contributed by atoms with Gasteiger partial charge in [0.2, 0.25) is 5.91 Å². The maximum atomic E-state index is 13.6. The number of carboxylic acids is 1. The van der Waals surface area contributed by atoms with E-state index in [2.05, 4.69) is 10.3 Å². The van der Waals surface area contributed by atoms with Gasteiger partial charge in [-0.3, -0.25) is 14.5 Å². The number of ether oxygens (including phenoxy) is 1. The number of aromatic amines is 1. The maximum absolute atomic E-state index is 13.6. The summed E-state index contributed by atoms with van der Waals surface area (Å²) in [6.07, 6.45) is 0.949. The van der Waals surface area contributed by atoms with E-state index < -0.39 is 36.0 Å². The Morgan fingerprint density at radius 1 is 0.975 bits per heavy atom. The van der Waals surface area contributed by atoms with E-state index >= 15 is 0 Å². The van der Waals surface area contributed by atoms with Gasteiger partial charge in [-0.2, -0.15) is 0 Å². The van der Waals surface area contributed by atoms with Gasteiger partial charge in [-0.25, -0.2) is 9.59 Å². The van der Waals surface area contributed by atoms with Crippen LogP contribution in [0.15, 0.2) is 79.0 Å². The van der Waals surface area contributed by atoms with E-state index in [0.717, 1.165) is 43.6 Å². The van der Waals surface area contributed by atoms with Crippen LogP contribution in [0.3, 0.4) is 0 Å². The number of hydrogen-bond acceptors (Lipinski definition) is 5. The summed E-state index contributed by atoms with van der Waals surface area (Å²) in [4.78, 5) is 55.0. The van der Waals surface area contributed by atoms with Crippen LogP contribution in [-0.4, -0.2) is 57.6 Å². The molecule has 0 unspecified atom stereocenters. The first kappa shape index (κ1) is 25.4. The van der Waals surface area contributed by atoms with Crippen LogP contribution in [0.5, 0.6) is 0 Å². The lowest BCUT2D eigenvalue weighted by molar-refractivity contribution is -0.154. The number of rotatable bonds is 7. The molecule has 2 atom stereocenters. The SMILES string of the molecule is O=C(N[C@@H](Cc1c[nH]c2ccccc12)C(=O)N1C(=O)CC[C@@H]1C(=O)O)OCC1c2ccccc2-c2ccccc21. The van der Waals surface area contributed by atoms with Crippen molar-refractivity contribution in [2.24, 2.45) is 0 Å². The number of likely N-dealkylation sites (tertiary alicyclic amines) is 1. The molecular weight excluding hydrogens is 510 g/mol. The van der Waals surface area contributed by atoms with Crippen LogP contribution in [-0.2, 0) is 25.5 Å². The van der Waals surface area contributed by atoms with Gasteiger partial charge in [0.05, 0.1) is 0 Å². The zero-order chi connectivity index (χ0) is 27.8. The van der Waals surface area contributed by atoms with E-state index in [0.29, 0.717) is 0 Å². The molecule has 9 nitrogen and oxygen atoms in total. The molecule has 2 aliphatic rings. The van der Waals surface area contributed by atoms with E-state index in [1.807, 2.05) is 72.8 Å². The van der Waals surface area contributed by atoms with Gasteiger partial charge in [-0.05, 0) is 40.3 Å². The van der Waals surface area contributed by atoms with Gasteiger partial charge in [-0.1, -0.05) is 66.7 Å². The zero-order valence-electron chi connectivity index (χ0n) is 21.5. The molecule has 1 aromatic heterocycles. The number of aromatic nitrogens is 1. The van der Waals surface area contributed by atoms with Crippen molar-refractivity contribution < 1.29 is 29.0 Å². The molecule has 3 amide bonds. The third-order valence-electron chi connectivity index (χ3n) is 7.77. The summed E-state index contributed by atoms with van der Waals surface area (Å²) in [6.45, 7) is 0.0499. The zero-order valence-corrected chi connectivity index (χ0v) is 21.5. The average molecular weight is 538 g/mol. The Labute approximate surface area is 229 Å². The Hall–Kier alpha value is -4.92. The van der Waals surface area contributed by atoms with Gasteiger partial charge in [0.25, 0.3) is 5.91 Å². The Morgan fingerprint density at radius 3 is 2.33 bits per heavy atom. The molecule has 0 spiro atoms. The van der Waals surface area contributed by atoms with Crippen molar-refractivity contribution in [3.8, 4) is 11.1 Å². The van der Waals surface area contributed by atoms with Crippen LogP contribution in [0.1, 0.15) is 35.4 Å². The average Bonchev–Trinajstić information content (AvgIpc) is 3.65. The van der Waals surface area contributed by atoms with Crippen molar-refractivity contribution in [3.63, 3.8) is 0 Å². The van der Waals surface area contributed by atoms with Crippen LogP contribution < -0.4 is 5.32 Å². The number of nitrogens with one attached hydrogen (secondary N) is 2. The number of fused-ring (bicyclic) bond motifs is 4. The number of para-hydroxylation sites is 1. The number of amides is 3. The Kier molecular flexibility index (Phi) is 6.55. The second-order valence-corrected chi connectivity index (χ2v) is 10.1. The molecule has 1 saturated heterocycles. The third kappa shape index (κ3) is 4.49. The number of benzene rings is 3. The van der Waals surface area contributed by atoms with Crippen LogP contribution in [0, 0.1) is 0 Å².